The highest BCUT2D eigenvalue weighted by Crippen LogP contribution is 2.22. The number of hydrogen-bond donors (Lipinski definition) is 2. The van der Waals surface area contributed by atoms with Crippen molar-refractivity contribution in [3.05, 3.63) is 11.8 Å². The van der Waals surface area contributed by atoms with Crippen molar-refractivity contribution in [1.29, 1.82) is 0 Å². The van der Waals surface area contributed by atoms with E-state index in [0.29, 0.717) is 5.82 Å². The molecule has 1 aromatic rings. The first-order chi connectivity index (χ1) is 8.01. The maximum absolute atomic E-state index is 11.7. The van der Waals surface area contributed by atoms with Crippen LogP contribution >= 0.6 is 0 Å². The van der Waals surface area contributed by atoms with E-state index in [1.54, 1.807) is 6.07 Å². The van der Waals surface area contributed by atoms with Crippen molar-refractivity contribution in [2.24, 2.45) is 0 Å². The lowest BCUT2D eigenvalue weighted by Gasteiger charge is -2.14. The minimum atomic E-state index is -3.39. The summed E-state index contributed by atoms with van der Waals surface area (Å²) in [6.07, 6.45) is 1.03. The third-order valence-corrected chi connectivity index (χ3v) is 4.15. The smallest absolute Gasteiger partial charge is 0.243 e. The molecule has 7 heteroatoms. The van der Waals surface area contributed by atoms with Crippen molar-refractivity contribution < 1.29 is 13.2 Å². The molecule has 0 bridgehead atoms. The van der Waals surface area contributed by atoms with E-state index in [1.807, 2.05) is 20.8 Å². The van der Waals surface area contributed by atoms with Gasteiger partial charge in [-0.25, -0.2) is 8.42 Å². The number of nitrogens with one attached hydrogen (secondary N) is 2. The Balaban J connectivity index is 2.81. The van der Waals surface area contributed by atoms with Crippen molar-refractivity contribution in [1.82, 2.24) is 10.2 Å². The Hall–Kier alpha value is -1.37. The Bertz CT molecular complexity index is 540. The van der Waals surface area contributed by atoms with Crippen LogP contribution in [0, 0.1) is 0 Å². The Kier molecular flexibility index (Phi) is 3.85. The Labute approximate surface area is 107 Å². The number of amides is 1. The number of nitrogens with zero attached hydrogens (tertiary/aromatic N) is 1. The average molecular weight is 273 g/mol. The third kappa shape index (κ3) is 3.56. The van der Waals surface area contributed by atoms with Gasteiger partial charge < -0.3 is 5.32 Å². The zero-order valence-corrected chi connectivity index (χ0v) is 12.1. The maximum atomic E-state index is 11.7. The summed E-state index contributed by atoms with van der Waals surface area (Å²) < 4.78 is 22.5. The lowest BCUT2D eigenvalue weighted by atomic mass is 9.92. The highest BCUT2D eigenvalue weighted by atomic mass is 32.2. The summed E-state index contributed by atoms with van der Waals surface area (Å²) in [4.78, 5) is 11.7. The molecule has 0 saturated heterocycles. The standard InChI is InChI=1S/C11H19N3O3S/c1-7(18(5,16)17)10(15)12-9-6-8(13-14-9)11(2,3)4/h6-7H,1-5H3,(H2,12,13,14,15)/t7-/m1/s1. The van der Waals surface area contributed by atoms with Crippen LogP contribution in [0.15, 0.2) is 6.07 Å². The van der Waals surface area contributed by atoms with Gasteiger partial charge in [0, 0.05) is 23.4 Å². The summed E-state index contributed by atoms with van der Waals surface area (Å²) in [7, 11) is -3.39. The number of aromatic nitrogens is 2. The number of aromatic amines is 1. The number of anilines is 1. The molecule has 0 aromatic carbocycles. The summed E-state index contributed by atoms with van der Waals surface area (Å²) in [5.41, 5.74) is 0.753. The second-order valence-electron chi connectivity index (χ2n) is 5.38. The minimum absolute atomic E-state index is 0.113. The maximum Gasteiger partial charge on any atom is 0.243 e. The molecule has 6 nitrogen and oxygen atoms in total. The van der Waals surface area contributed by atoms with Gasteiger partial charge in [0.25, 0.3) is 0 Å². The monoisotopic (exact) mass is 273 g/mol. The fourth-order valence-corrected chi connectivity index (χ4v) is 1.64. The number of carbonyl (C=O) groups is 1. The Morgan fingerprint density at radius 3 is 2.39 bits per heavy atom. The van der Waals surface area contributed by atoms with Gasteiger partial charge in [0.05, 0.1) is 0 Å². The molecule has 0 unspecified atom stereocenters. The first-order valence-corrected chi connectivity index (χ1v) is 7.53. The highest BCUT2D eigenvalue weighted by molar-refractivity contribution is 7.92. The fraction of sp³-hybridized carbons (Fsp3) is 0.636. The topological polar surface area (TPSA) is 91.9 Å². The zero-order chi connectivity index (χ0) is 14.1. The molecule has 1 atom stereocenters. The lowest BCUT2D eigenvalue weighted by molar-refractivity contribution is -0.115. The van der Waals surface area contributed by atoms with Gasteiger partial charge in [0.1, 0.15) is 5.25 Å². The van der Waals surface area contributed by atoms with E-state index in [1.165, 1.54) is 6.92 Å². The van der Waals surface area contributed by atoms with Crippen molar-refractivity contribution >= 4 is 21.6 Å². The summed E-state index contributed by atoms with van der Waals surface area (Å²) >= 11 is 0. The molecule has 2 N–H and O–H groups in total. The third-order valence-electron chi connectivity index (χ3n) is 2.65. The van der Waals surface area contributed by atoms with Crippen LogP contribution in [0.1, 0.15) is 33.4 Å². The average Bonchev–Trinajstić information content (AvgIpc) is 2.62. The fourth-order valence-electron chi connectivity index (χ4n) is 1.19. The summed E-state index contributed by atoms with van der Waals surface area (Å²) in [5.74, 6) is -0.245. The van der Waals surface area contributed by atoms with Crippen LogP contribution in [0.3, 0.4) is 0 Å². The molecular formula is C11H19N3O3S. The van der Waals surface area contributed by atoms with E-state index in [9.17, 15) is 13.2 Å². The van der Waals surface area contributed by atoms with E-state index in [4.69, 9.17) is 0 Å². The molecule has 0 aliphatic rings. The van der Waals surface area contributed by atoms with Crippen molar-refractivity contribution in [3.63, 3.8) is 0 Å². The Morgan fingerprint density at radius 1 is 1.44 bits per heavy atom. The zero-order valence-electron chi connectivity index (χ0n) is 11.2. The van der Waals surface area contributed by atoms with E-state index < -0.39 is 21.0 Å². The molecule has 0 saturated carbocycles. The SMILES string of the molecule is C[C@H](C(=O)Nc1cc(C(C)(C)C)[nH]n1)S(C)(=O)=O. The van der Waals surface area contributed by atoms with Crippen LogP contribution < -0.4 is 5.32 Å². The molecule has 0 aliphatic carbocycles. The quantitative estimate of drug-likeness (QED) is 0.862. The van der Waals surface area contributed by atoms with Gasteiger partial charge in [-0.1, -0.05) is 20.8 Å². The largest absolute Gasteiger partial charge is 0.308 e. The van der Waals surface area contributed by atoms with Crippen LogP contribution in [-0.2, 0) is 20.0 Å². The second kappa shape index (κ2) is 4.72. The number of H-pyrrole nitrogens is 1. The first kappa shape index (κ1) is 14.7. The summed E-state index contributed by atoms with van der Waals surface area (Å²) in [6.45, 7) is 7.36. The van der Waals surface area contributed by atoms with Gasteiger partial charge >= 0.3 is 0 Å². The number of sulfone groups is 1. The summed E-state index contributed by atoms with van der Waals surface area (Å²) in [5, 5.41) is 8.14. The Morgan fingerprint density at radius 2 is 2.00 bits per heavy atom. The second-order valence-corrected chi connectivity index (χ2v) is 7.74. The van der Waals surface area contributed by atoms with Crippen LogP contribution in [-0.4, -0.2) is 36.0 Å². The van der Waals surface area contributed by atoms with Gasteiger partial charge in [-0.05, 0) is 6.92 Å². The van der Waals surface area contributed by atoms with E-state index in [0.717, 1.165) is 11.9 Å². The molecule has 102 valence electrons. The first-order valence-electron chi connectivity index (χ1n) is 5.57. The van der Waals surface area contributed by atoms with Crippen molar-refractivity contribution in [3.8, 4) is 0 Å². The lowest BCUT2D eigenvalue weighted by Crippen LogP contribution is -2.31. The minimum Gasteiger partial charge on any atom is -0.308 e. The summed E-state index contributed by atoms with van der Waals surface area (Å²) in [6, 6.07) is 1.70. The molecule has 0 spiro atoms. The van der Waals surface area contributed by atoms with Crippen LogP contribution in [0.4, 0.5) is 5.82 Å². The normalized spacial score (nSPS) is 14.3. The van der Waals surface area contributed by atoms with Gasteiger partial charge in [0.2, 0.25) is 5.91 Å². The number of hydrogen-bond acceptors (Lipinski definition) is 4. The van der Waals surface area contributed by atoms with Crippen molar-refractivity contribution in [2.75, 3.05) is 11.6 Å². The molecule has 18 heavy (non-hydrogen) atoms. The molecule has 1 rings (SSSR count). The van der Waals surface area contributed by atoms with Crippen LogP contribution in [0.2, 0.25) is 0 Å². The van der Waals surface area contributed by atoms with Gasteiger partial charge in [0.15, 0.2) is 15.7 Å². The van der Waals surface area contributed by atoms with E-state index >= 15 is 0 Å². The van der Waals surface area contributed by atoms with Crippen molar-refractivity contribution in [2.45, 2.75) is 38.4 Å². The molecule has 0 radical (unpaired) electrons. The number of carbonyl (C=O) groups excluding carboxylic acids is 1. The molecular weight excluding hydrogens is 254 g/mol. The molecule has 1 aromatic heterocycles. The predicted molar refractivity (Wildman–Crippen MR) is 70.2 cm³/mol. The highest BCUT2D eigenvalue weighted by Gasteiger charge is 2.24. The molecule has 0 aliphatic heterocycles. The molecule has 1 amide bonds. The molecule has 1 heterocycles. The predicted octanol–water partition coefficient (Wildman–Crippen LogP) is 1.08. The van der Waals surface area contributed by atoms with E-state index in [2.05, 4.69) is 15.5 Å². The van der Waals surface area contributed by atoms with Gasteiger partial charge in [-0.2, -0.15) is 5.10 Å². The van der Waals surface area contributed by atoms with Gasteiger partial charge in [-0.3, -0.25) is 9.89 Å². The van der Waals surface area contributed by atoms with Crippen LogP contribution in [0.25, 0.3) is 0 Å². The van der Waals surface area contributed by atoms with Crippen LogP contribution in [0.5, 0.6) is 0 Å². The molecule has 0 fully saturated rings. The van der Waals surface area contributed by atoms with Gasteiger partial charge in [-0.15, -0.1) is 0 Å². The van der Waals surface area contributed by atoms with E-state index in [-0.39, 0.29) is 5.41 Å². The number of rotatable bonds is 3.